The molecule has 8 heteroatoms. The van der Waals surface area contributed by atoms with E-state index in [1.807, 2.05) is 18.2 Å². The molecule has 4 heterocycles. The minimum atomic E-state index is -1.23. The molecule has 6 nitrogen and oxygen atoms in total. The van der Waals surface area contributed by atoms with Crippen LogP contribution in [-0.4, -0.2) is 35.8 Å². The molecule has 6 rings (SSSR count). The van der Waals surface area contributed by atoms with Crippen LogP contribution in [0.4, 0.5) is 11.4 Å². The average molecular weight is 540 g/mol. The lowest BCUT2D eigenvalue weighted by Crippen LogP contribution is -2.29. The summed E-state index contributed by atoms with van der Waals surface area (Å²) >= 11 is 3.25. The summed E-state index contributed by atoms with van der Waals surface area (Å²) in [5, 5.41) is 14.9. The second-order valence-electron chi connectivity index (χ2n) is 9.22. The zero-order valence-corrected chi connectivity index (χ0v) is 22.2. The molecule has 0 aliphatic carbocycles. The summed E-state index contributed by atoms with van der Waals surface area (Å²) < 4.78 is 0. The summed E-state index contributed by atoms with van der Waals surface area (Å²) in [5.41, 5.74) is 2.84. The Morgan fingerprint density at radius 1 is 0.789 bits per heavy atom. The highest BCUT2D eigenvalue weighted by Gasteiger charge is 2.35. The van der Waals surface area contributed by atoms with E-state index in [-0.39, 0.29) is 11.3 Å². The molecule has 2 aliphatic rings. The Hall–Kier alpha value is -4.01. The molecule has 0 atom stereocenters. The molecule has 0 radical (unpaired) electrons. The van der Waals surface area contributed by atoms with Crippen molar-refractivity contribution in [1.82, 2.24) is 0 Å². The number of carbonyl (C=O) groups is 2. The normalized spacial score (nSPS) is 16.8. The first-order valence-electron chi connectivity index (χ1n) is 12.6. The molecular weight excluding hydrogens is 514 g/mol. The third-order valence-corrected chi connectivity index (χ3v) is 9.08. The van der Waals surface area contributed by atoms with Crippen molar-refractivity contribution in [2.24, 2.45) is 5.10 Å². The molecular formula is C30H25N3O3S2. The number of aliphatic carboxylic acids is 1. The van der Waals surface area contributed by atoms with Gasteiger partial charge in [-0.25, -0.2) is 4.79 Å². The maximum atomic E-state index is 13.1. The van der Waals surface area contributed by atoms with E-state index in [1.165, 1.54) is 46.7 Å². The summed E-state index contributed by atoms with van der Waals surface area (Å²) in [6.45, 7) is 2.27. The van der Waals surface area contributed by atoms with E-state index in [2.05, 4.69) is 46.4 Å². The van der Waals surface area contributed by atoms with Gasteiger partial charge in [0.15, 0.2) is 5.71 Å². The van der Waals surface area contributed by atoms with Gasteiger partial charge in [-0.05, 0) is 79.4 Å². The van der Waals surface area contributed by atoms with Gasteiger partial charge in [0.25, 0.3) is 5.91 Å². The van der Waals surface area contributed by atoms with E-state index >= 15 is 0 Å². The molecule has 0 unspecified atom stereocenters. The van der Waals surface area contributed by atoms with Crippen LogP contribution in [0.15, 0.2) is 89.5 Å². The molecule has 2 aromatic carbocycles. The zero-order valence-electron chi connectivity index (χ0n) is 20.5. The lowest BCUT2D eigenvalue weighted by Gasteiger charge is -2.28. The molecule has 2 aliphatic heterocycles. The van der Waals surface area contributed by atoms with Crippen LogP contribution in [0.2, 0.25) is 0 Å². The largest absolute Gasteiger partial charge is 0.476 e. The van der Waals surface area contributed by atoms with Gasteiger partial charge in [0.05, 0.1) is 11.3 Å². The van der Waals surface area contributed by atoms with E-state index in [4.69, 9.17) is 0 Å². The number of hydrogen-bond acceptors (Lipinski definition) is 6. The Bertz CT molecular complexity index is 1540. The molecule has 38 heavy (non-hydrogen) atoms. The summed E-state index contributed by atoms with van der Waals surface area (Å²) in [7, 11) is 0. The SMILES string of the molecule is O=C(O)C1=NN(c2ccccc2)C(=O)/C1=C\c1ccc(-c2ccc(-c3ccc(N4CCCCC4)cc3)s2)s1. The Labute approximate surface area is 228 Å². The van der Waals surface area contributed by atoms with Gasteiger partial charge in [-0.1, -0.05) is 30.3 Å². The van der Waals surface area contributed by atoms with Gasteiger partial charge < -0.3 is 10.0 Å². The second kappa shape index (κ2) is 10.4. The number of thiophene rings is 2. The molecule has 0 spiro atoms. The van der Waals surface area contributed by atoms with E-state index in [0.29, 0.717) is 5.69 Å². The molecule has 1 amide bonds. The number of hydrogen-bond donors (Lipinski definition) is 1. The van der Waals surface area contributed by atoms with E-state index < -0.39 is 11.9 Å². The highest BCUT2D eigenvalue weighted by molar-refractivity contribution is 7.24. The molecule has 190 valence electrons. The minimum Gasteiger partial charge on any atom is -0.476 e. The van der Waals surface area contributed by atoms with Crippen molar-refractivity contribution >= 4 is 57.7 Å². The van der Waals surface area contributed by atoms with Crippen LogP contribution in [0.5, 0.6) is 0 Å². The lowest BCUT2D eigenvalue weighted by molar-refractivity contribution is -0.129. The Balaban J connectivity index is 1.22. The van der Waals surface area contributed by atoms with Crippen molar-refractivity contribution in [1.29, 1.82) is 0 Å². The van der Waals surface area contributed by atoms with Crippen LogP contribution < -0.4 is 9.91 Å². The van der Waals surface area contributed by atoms with Crippen molar-refractivity contribution in [3.05, 3.63) is 89.3 Å². The van der Waals surface area contributed by atoms with E-state index in [1.54, 1.807) is 41.7 Å². The third-order valence-electron chi connectivity index (χ3n) is 6.72. The predicted octanol–water partition coefficient (Wildman–Crippen LogP) is 7.00. The lowest BCUT2D eigenvalue weighted by atomic mass is 10.1. The number of piperidine rings is 1. The van der Waals surface area contributed by atoms with Crippen molar-refractivity contribution in [2.75, 3.05) is 23.0 Å². The molecule has 1 N–H and O–H groups in total. The van der Waals surface area contributed by atoms with Crippen LogP contribution in [0.25, 0.3) is 26.3 Å². The van der Waals surface area contributed by atoms with Crippen molar-refractivity contribution < 1.29 is 14.7 Å². The van der Waals surface area contributed by atoms with Gasteiger partial charge in [0, 0.05) is 38.3 Å². The fraction of sp³-hybridized carbons (Fsp3) is 0.167. The Morgan fingerprint density at radius 3 is 2.21 bits per heavy atom. The number of carboxylic acid groups (broad SMARTS) is 1. The number of hydrazone groups is 1. The topological polar surface area (TPSA) is 73.2 Å². The van der Waals surface area contributed by atoms with Crippen LogP contribution >= 0.6 is 22.7 Å². The first kappa shape index (κ1) is 24.3. The van der Waals surface area contributed by atoms with Gasteiger partial charge in [-0.2, -0.15) is 10.1 Å². The summed E-state index contributed by atoms with van der Waals surface area (Å²) in [6, 6.07) is 25.8. The highest BCUT2D eigenvalue weighted by atomic mass is 32.1. The van der Waals surface area contributed by atoms with E-state index in [0.717, 1.165) is 32.7 Å². The quantitative estimate of drug-likeness (QED) is 0.268. The average Bonchev–Trinajstić information content (AvgIpc) is 3.70. The molecule has 1 saturated heterocycles. The number of anilines is 2. The number of para-hydroxylation sites is 1. The van der Waals surface area contributed by atoms with Crippen LogP contribution in [-0.2, 0) is 9.59 Å². The molecule has 2 aromatic heterocycles. The predicted molar refractivity (Wildman–Crippen MR) is 156 cm³/mol. The second-order valence-corrected chi connectivity index (χ2v) is 11.4. The van der Waals surface area contributed by atoms with Crippen LogP contribution in [0, 0.1) is 0 Å². The Kier molecular flexibility index (Phi) is 6.66. The van der Waals surface area contributed by atoms with E-state index in [9.17, 15) is 14.7 Å². The highest BCUT2D eigenvalue weighted by Crippen LogP contribution is 2.39. The van der Waals surface area contributed by atoms with Gasteiger partial charge in [-0.15, -0.1) is 22.7 Å². The number of carboxylic acids is 1. The molecule has 0 saturated carbocycles. The van der Waals surface area contributed by atoms with Gasteiger partial charge in [0.1, 0.15) is 0 Å². The third kappa shape index (κ3) is 4.80. The fourth-order valence-electron chi connectivity index (χ4n) is 4.77. The number of benzene rings is 2. The number of nitrogens with zero attached hydrogens (tertiary/aromatic N) is 3. The standard InChI is InChI=1S/C30H25N3O3S2/c34-29-24(28(30(35)36)31-33(29)22-7-3-1-4-8-22)19-23-13-14-26(37-23)27-16-15-25(38-27)20-9-11-21(12-10-20)32-17-5-2-6-18-32/h1,3-4,7-16,19H,2,5-6,17-18H2,(H,35,36)/b24-19-. The van der Waals surface area contributed by atoms with Crippen molar-refractivity contribution in [3.8, 4) is 20.2 Å². The van der Waals surface area contributed by atoms with Gasteiger partial charge in [0.2, 0.25) is 0 Å². The summed E-state index contributed by atoms with van der Waals surface area (Å²) in [4.78, 5) is 31.6. The first-order chi connectivity index (χ1) is 18.6. The summed E-state index contributed by atoms with van der Waals surface area (Å²) in [5.74, 6) is -1.68. The summed E-state index contributed by atoms with van der Waals surface area (Å²) in [6.07, 6.45) is 5.48. The van der Waals surface area contributed by atoms with Crippen LogP contribution in [0.3, 0.4) is 0 Å². The molecule has 1 fully saturated rings. The van der Waals surface area contributed by atoms with Gasteiger partial charge in [-0.3, -0.25) is 4.79 Å². The Morgan fingerprint density at radius 2 is 1.47 bits per heavy atom. The maximum absolute atomic E-state index is 13.1. The number of amides is 1. The van der Waals surface area contributed by atoms with Gasteiger partial charge >= 0.3 is 5.97 Å². The minimum absolute atomic E-state index is 0.0791. The van der Waals surface area contributed by atoms with Crippen LogP contribution in [0.1, 0.15) is 24.1 Å². The smallest absolute Gasteiger partial charge is 0.357 e. The number of rotatable bonds is 6. The molecule has 0 bridgehead atoms. The molecule has 4 aromatic rings. The maximum Gasteiger partial charge on any atom is 0.357 e. The van der Waals surface area contributed by atoms with Crippen molar-refractivity contribution in [3.63, 3.8) is 0 Å². The van der Waals surface area contributed by atoms with Crippen molar-refractivity contribution in [2.45, 2.75) is 19.3 Å². The number of carbonyl (C=O) groups excluding carboxylic acids is 1. The fourth-order valence-corrected chi connectivity index (χ4v) is 6.82. The first-order valence-corrected chi connectivity index (χ1v) is 14.2. The zero-order chi connectivity index (χ0) is 26.1. The monoisotopic (exact) mass is 539 g/mol.